The van der Waals surface area contributed by atoms with Crippen LogP contribution >= 0.6 is 0 Å². The topological polar surface area (TPSA) is 32.3 Å². The van der Waals surface area contributed by atoms with Crippen molar-refractivity contribution in [1.29, 1.82) is 0 Å². The average Bonchev–Trinajstić information content (AvgIpc) is 2.46. The van der Waals surface area contributed by atoms with E-state index in [4.69, 9.17) is 0 Å². The lowest BCUT2D eigenvalue weighted by atomic mass is 9.99. The Morgan fingerprint density at radius 2 is 1.90 bits per heavy atom. The van der Waals surface area contributed by atoms with Gasteiger partial charge in [-0.25, -0.2) is 8.78 Å². The standard InChI is InChI=1S/C15H20F2N2O/c1-11(15(20)19-9-7-18-8-10-19)5-6-12-13(16)3-2-4-14(12)17/h2-4,11,18H,5-10H2,1H3. The van der Waals surface area contributed by atoms with Gasteiger partial charge in [0, 0.05) is 37.7 Å². The molecule has 2 rings (SSSR count). The Bertz CT molecular complexity index is 453. The van der Waals surface area contributed by atoms with Crippen molar-refractivity contribution < 1.29 is 13.6 Å². The molecular weight excluding hydrogens is 262 g/mol. The van der Waals surface area contributed by atoms with Crippen molar-refractivity contribution in [3.05, 3.63) is 35.4 Å². The maximum atomic E-state index is 13.5. The van der Waals surface area contributed by atoms with E-state index in [-0.39, 0.29) is 23.8 Å². The van der Waals surface area contributed by atoms with E-state index in [0.29, 0.717) is 19.5 Å². The highest BCUT2D eigenvalue weighted by Gasteiger charge is 2.22. The number of carbonyl (C=O) groups is 1. The van der Waals surface area contributed by atoms with Crippen molar-refractivity contribution in [1.82, 2.24) is 10.2 Å². The van der Waals surface area contributed by atoms with E-state index in [9.17, 15) is 13.6 Å². The molecule has 1 aliphatic rings. The molecule has 5 heteroatoms. The van der Waals surface area contributed by atoms with Crippen molar-refractivity contribution in [2.45, 2.75) is 19.8 Å². The lowest BCUT2D eigenvalue weighted by Gasteiger charge is -2.29. The second-order valence-corrected chi connectivity index (χ2v) is 5.22. The fourth-order valence-corrected chi connectivity index (χ4v) is 2.45. The zero-order valence-electron chi connectivity index (χ0n) is 11.7. The van der Waals surface area contributed by atoms with Gasteiger partial charge in [0.2, 0.25) is 5.91 Å². The Kier molecular flexibility index (Phi) is 5.06. The predicted octanol–water partition coefficient (Wildman–Crippen LogP) is 1.97. The van der Waals surface area contributed by atoms with Crippen LogP contribution in [0.15, 0.2) is 18.2 Å². The van der Waals surface area contributed by atoms with Crippen LogP contribution in [0.2, 0.25) is 0 Å². The Hall–Kier alpha value is -1.49. The molecule has 1 aromatic rings. The van der Waals surface area contributed by atoms with Gasteiger partial charge < -0.3 is 10.2 Å². The molecule has 20 heavy (non-hydrogen) atoms. The molecule has 1 heterocycles. The molecule has 0 saturated carbocycles. The van der Waals surface area contributed by atoms with E-state index in [1.54, 1.807) is 0 Å². The number of hydrogen-bond donors (Lipinski definition) is 1. The van der Waals surface area contributed by atoms with Crippen molar-refractivity contribution in [3.63, 3.8) is 0 Å². The fraction of sp³-hybridized carbons (Fsp3) is 0.533. The number of hydrogen-bond acceptors (Lipinski definition) is 2. The summed E-state index contributed by atoms with van der Waals surface area (Å²) < 4.78 is 27.0. The van der Waals surface area contributed by atoms with Crippen LogP contribution in [-0.2, 0) is 11.2 Å². The molecule has 1 N–H and O–H groups in total. The van der Waals surface area contributed by atoms with Gasteiger partial charge in [0.25, 0.3) is 0 Å². The molecule has 1 fully saturated rings. The maximum absolute atomic E-state index is 13.5. The zero-order valence-corrected chi connectivity index (χ0v) is 11.7. The fourth-order valence-electron chi connectivity index (χ4n) is 2.45. The molecular formula is C15H20F2N2O. The van der Waals surface area contributed by atoms with Gasteiger partial charge in [-0.1, -0.05) is 13.0 Å². The van der Waals surface area contributed by atoms with Crippen LogP contribution in [-0.4, -0.2) is 37.0 Å². The van der Waals surface area contributed by atoms with Crippen molar-refractivity contribution in [2.75, 3.05) is 26.2 Å². The molecule has 0 aliphatic carbocycles. The third-order valence-corrected chi connectivity index (χ3v) is 3.74. The Morgan fingerprint density at radius 1 is 1.30 bits per heavy atom. The van der Waals surface area contributed by atoms with Crippen LogP contribution in [0.1, 0.15) is 18.9 Å². The Morgan fingerprint density at radius 3 is 2.50 bits per heavy atom. The summed E-state index contributed by atoms with van der Waals surface area (Å²) in [6.07, 6.45) is 0.706. The van der Waals surface area contributed by atoms with Gasteiger partial charge in [-0.2, -0.15) is 0 Å². The number of carbonyl (C=O) groups excluding carboxylic acids is 1. The molecule has 1 aliphatic heterocycles. The number of piperazine rings is 1. The summed E-state index contributed by atoms with van der Waals surface area (Å²) in [5.41, 5.74) is 0.0764. The molecule has 0 spiro atoms. The van der Waals surface area contributed by atoms with Gasteiger partial charge in [0.1, 0.15) is 11.6 Å². The third kappa shape index (κ3) is 3.54. The summed E-state index contributed by atoms with van der Waals surface area (Å²) >= 11 is 0. The van der Waals surface area contributed by atoms with Gasteiger partial charge in [-0.05, 0) is 25.0 Å². The minimum atomic E-state index is -0.535. The van der Waals surface area contributed by atoms with Crippen LogP contribution in [0.4, 0.5) is 8.78 Å². The summed E-state index contributed by atoms with van der Waals surface area (Å²) in [6, 6.07) is 3.85. The first-order valence-corrected chi connectivity index (χ1v) is 7.02. The normalized spacial score (nSPS) is 17.1. The number of nitrogens with one attached hydrogen (secondary N) is 1. The van der Waals surface area contributed by atoms with Crippen LogP contribution < -0.4 is 5.32 Å². The van der Waals surface area contributed by atoms with E-state index in [1.807, 2.05) is 11.8 Å². The SMILES string of the molecule is CC(CCc1c(F)cccc1F)C(=O)N1CCNCC1. The number of rotatable bonds is 4. The molecule has 1 atom stereocenters. The Balaban J connectivity index is 1.91. The first-order chi connectivity index (χ1) is 9.59. The van der Waals surface area contributed by atoms with Gasteiger partial charge >= 0.3 is 0 Å². The van der Waals surface area contributed by atoms with E-state index in [1.165, 1.54) is 18.2 Å². The van der Waals surface area contributed by atoms with Crippen LogP contribution in [0, 0.1) is 17.6 Å². The second kappa shape index (κ2) is 6.79. The molecule has 3 nitrogen and oxygen atoms in total. The monoisotopic (exact) mass is 282 g/mol. The molecule has 0 radical (unpaired) electrons. The van der Waals surface area contributed by atoms with Crippen molar-refractivity contribution in [2.24, 2.45) is 5.92 Å². The van der Waals surface area contributed by atoms with E-state index in [2.05, 4.69) is 5.32 Å². The molecule has 1 saturated heterocycles. The predicted molar refractivity (Wildman–Crippen MR) is 73.3 cm³/mol. The molecule has 1 aromatic carbocycles. The summed E-state index contributed by atoms with van der Waals surface area (Å²) in [5.74, 6) is -1.21. The minimum Gasteiger partial charge on any atom is -0.340 e. The van der Waals surface area contributed by atoms with Gasteiger partial charge in [-0.3, -0.25) is 4.79 Å². The smallest absolute Gasteiger partial charge is 0.225 e. The summed E-state index contributed by atoms with van der Waals surface area (Å²) in [6.45, 7) is 4.85. The number of amides is 1. The average molecular weight is 282 g/mol. The highest BCUT2D eigenvalue weighted by molar-refractivity contribution is 5.78. The first kappa shape index (κ1) is 14.9. The van der Waals surface area contributed by atoms with Crippen molar-refractivity contribution >= 4 is 5.91 Å². The highest BCUT2D eigenvalue weighted by Crippen LogP contribution is 2.18. The highest BCUT2D eigenvalue weighted by atomic mass is 19.1. The number of benzene rings is 1. The first-order valence-electron chi connectivity index (χ1n) is 7.02. The lowest BCUT2D eigenvalue weighted by Crippen LogP contribution is -2.48. The van der Waals surface area contributed by atoms with Gasteiger partial charge in [-0.15, -0.1) is 0 Å². The molecule has 0 aromatic heterocycles. The molecule has 1 unspecified atom stereocenters. The molecule has 0 bridgehead atoms. The lowest BCUT2D eigenvalue weighted by molar-refractivity contribution is -0.135. The van der Waals surface area contributed by atoms with Crippen LogP contribution in [0.25, 0.3) is 0 Å². The zero-order chi connectivity index (χ0) is 14.5. The number of halogens is 2. The summed E-state index contributed by atoms with van der Waals surface area (Å²) in [4.78, 5) is 14.0. The minimum absolute atomic E-state index is 0.0725. The summed E-state index contributed by atoms with van der Waals surface area (Å²) in [5, 5.41) is 3.19. The summed E-state index contributed by atoms with van der Waals surface area (Å²) in [7, 11) is 0. The maximum Gasteiger partial charge on any atom is 0.225 e. The van der Waals surface area contributed by atoms with E-state index < -0.39 is 11.6 Å². The van der Waals surface area contributed by atoms with E-state index in [0.717, 1.165) is 13.1 Å². The largest absolute Gasteiger partial charge is 0.340 e. The van der Waals surface area contributed by atoms with Gasteiger partial charge in [0.15, 0.2) is 0 Å². The Labute approximate surface area is 118 Å². The van der Waals surface area contributed by atoms with Gasteiger partial charge in [0.05, 0.1) is 0 Å². The number of nitrogens with zero attached hydrogens (tertiary/aromatic N) is 1. The van der Waals surface area contributed by atoms with E-state index >= 15 is 0 Å². The van der Waals surface area contributed by atoms with Crippen LogP contribution in [0.3, 0.4) is 0 Å². The van der Waals surface area contributed by atoms with Crippen LogP contribution in [0.5, 0.6) is 0 Å². The van der Waals surface area contributed by atoms with Crippen molar-refractivity contribution in [3.8, 4) is 0 Å². The third-order valence-electron chi connectivity index (χ3n) is 3.74. The molecule has 110 valence electrons. The molecule has 1 amide bonds. The second-order valence-electron chi connectivity index (χ2n) is 5.22. The quantitative estimate of drug-likeness (QED) is 0.915.